The van der Waals surface area contributed by atoms with Crippen LogP contribution in [0.4, 0.5) is 0 Å². The number of benzene rings is 1. The minimum atomic E-state index is -4.01. The van der Waals surface area contributed by atoms with Crippen molar-refractivity contribution < 1.29 is 16.8 Å². The second-order valence-electron chi connectivity index (χ2n) is 3.27. The fourth-order valence-corrected chi connectivity index (χ4v) is 3.37. The summed E-state index contributed by atoms with van der Waals surface area (Å²) in [5.74, 6) is 0. The van der Waals surface area contributed by atoms with Crippen molar-refractivity contribution >= 4 is 19.9 Å². The molecule has 5 nitrogen and oxygen atoms in total. The average molecular weight is 249 g/mol. The minimum absolute atomic E-state index is 0.259. The molecular formula is C8H11NO4S2. The number of primary sulfonamides is 1. The first-order chi connectivity index (χ1) is 6.62. The standard InChI is InChI=1S/C8H11NO4S2/c1-6-3-4-7(15(9,12)13)8(5-6)14(2,10)11/h3-5H,1-2H3,(H2,9,12,13). The molecule has 0 aliphatic carbocycles. The third kappa shape index (κ3) is 2.77. The van der Waals surface area contributed by atoms with E-state index in [9.17, 15) is 16.8 Å². The van der Waals surface area contributed by atoms with E-state index in [1.165, 1.54) is 18.2 Å². The van der Waals surface area contributed by atoms with Crippen molar-refractivity contribution in [2.24, 2.45) is 5.14 Å². The Hall–Kier alpha value is -0.920. The Balaban J connectivity index is 3.71. The lowest BCUT2D eigenvalue weighted by Gasteiger charge is -2.06. The van der Waals surface area contributed by atoms with Crippen LogP contribution < -0.4 is 5.14 Å². The number of hydrogen-bond acceptors (Lipinski definition) is 4. The summed E-state index contributed by atoms with van der Waals surface area (Å²) in [7, 11) is -7.61. The van der Waals surface area contributed by atoms with Gasteiger partial charge in [0.15, 0.2) is 9.84 Å². The SMILES string of the molecule is Cc1ccc(S(N)(=O)=O)c(S(C)(=O)=O)c1. The van der Waals surface area contributed by atoms with E-state index in [-0.39, 0.29) is 9.79 Å². The van der Waals surface area contributed by atoms with Gasteiger partial charge < -0.3 is 0 Å². The maximum absolute atomic E-state index is 11.3. The Morgan fingerprint density at radius 1 is 1.07 bits per heavy atom. The van der Waals surface area contributed by atoms with E-state index < -0.39 is 19.9 Å². The number of sulfone groups is 1. The monoisotopic (exact) mass is 249 g/mol. The van der Waals surface area contributed by atoms with Crippen LogP contribution in [0.25, 0.3) is 0 Å². The van der Waals surface area contributed by atoms with E-state index >= 15 is 0 Å². The molecular weight excluding hydrogens is 238 g/mol. The van der Waals surface area contributed by atoms with Gasteiger partial charge >= 0.3 is 0 Å². The second-order valence-corrected chi connectivity index (χ2v) is 6.78. The lowest BCUT2D eigenvalue weighted by Crippen LogP contribution is -2.16. The maximum atomic E-state index is 11.3. The van der Waals surface area contributed by atoms with Gasteiger partial charge in [-0.1, -0.05) is 6.07 Å². The number of aryl methyl sites for hydroxylation is 1. The zero-order valence-corrected chi connectivity index (χ0v) is 9.89. The quantitative estimate of drug-likeness (QED) is 0.801. The van der Waals surface area contributed by atoms with Crippen molar-refractivity contribution in [2.45, 2.75) is 16.7 Å². The third-order valence-corrected chi connectivity index (χ3v) is 4.04. The highest BCUT2D eigenvalue weighted by Gasteiger charge is 2.20. The van der Waals surface area contributed by atoms with Crippen LogP contribution in [0.15, 0.2) is 28.0 Å². The first kappa shape index (κ1) is 12.2. The van der Waals surface area contributed by atoms with Crippen molar-refractivity contribution in [3.05, 3.63) is 23.8 Å². The van der Waals surface area contributed by atoms with E-state index in [4.69, 9.17) is 5.14 Å². The highest BCUT2D eigenvalue weighted by atomic mass is 32.2. The van der Waals surface area contributed by atoms with Crippen LogP contribution in [0.1, 0.15) is 5.56 Å². The van der Waals surface area contributed by atoms with Crippen molar-refractivity contribution in [2.75, 3.05) is 6.26 Å². The first-order valence-corrected chi connectivity index (χ1v) is 7.39. The van der Waals surface area contributed by atoms with E-state index in [0.29, 0.717) is 5.56 Å². The van der Waals surface area contributed by atoms with Gasteiger partial charge in [0.05, 0.1) is 4.90 Å². The summed E-state index contributed by atoms with van der Waals surface area (Å²) < 4.78 is 44.9. The summed E-state index contributed by atoms with van der Waals surface area (Å²) in [6, 6.07) is 3.98. The Bertz CT molecular complexity index is 587. The largest absolute Gasteiger partial charge is 0.239 e. The molecule has 84 valence electrons. The van der Waals surface area contributed by atoms with Crippen LogP contribution >= 0.6 is 0 Å². The van der Waals surface area contributed by atoms with Crippen molar-refractivity contribution in [1.82, 2.24) is 0 Å². The Morgan fingerprint density at radius 3 is 2.00 bits per heavy atom. The van der Waals surface area contributed by atoms with Crippen molar-refractivity contribution in [3.8, 4) is 0 Å². The normalized spacial score (nSPS) is 12.7. The number of hydrogen-bond donors (Lipinski definition) is 1. The average Bonchev–Trinajstić information content (AvgIpc) is 2.00. The Labute approximate surface area is 88.9 Å². The van der Waals surface area contributed by atoms with E-state index in [1.807, 2.05) is 0 Å². The highest BCUT2D eigenvalue weighted by Crippen LogP contribution is 2.20. The van der Waals surface area contributed by atoms with Crippen LogP contribution in [0.3, 0.4) is 0 Å². The van der Waals surface area contributed by atoms with Gasteiger partial charge in [-0.2, -0.15) is 0 Å². The zero-order valence-electron chi connectivity index (χ0n) is 8.26. The van der Waals surface area contributed by atoms with Gasteiger partial charge in [0, 0.05) is 6.26 Å². The smallest absolute Gasteiger partial charge is 0.225 e. The van der Waals surface area contributed by atoms with Gasteiger partial charge in [0.25, 0.3) is 0 Å². The van der Waals surface area contributed by atoms with Crippen LogP contribution in [0.2, 0.25) is 0 Å². The molecule has 0 fully saturated rings. The fraction of sp³-hybridized carbons (Fsp3) is 0.250. The molecule has 0 aliphatic heterocycles. The molecule has 0 aromatic heterocycles. The van der Waals surface area contributed by atoms with Crippen LogP contribution in [-0.2, 0) is 19.9 Å². The molecule has 1 aromatic carbocycles. The summed E-state index contributed by atoms with van der Waals surface area (Å²) in [4.78, 5) is -0.624. The van der Waals surface area contributed by atoms with E-state index in [2.05, 4.69) is 0 Å². The molecule has 0 bridgehead atoms. The van der Waals surface area contributed by atoms with Crippen LogP contribution in [-0.4, -0.2) is 23.1 Å². The molecule has 0 amide bonds. The molecule has 0 aliphatic rings. The molecule has 0 atom stereocenters. The molecule has 1 aromatic rings. The molecule has 2 N–H and O–H groups in total. The molecule has 0 spiro atoms. The number of sulfonamides is 1. The van der Waals surface area contributed by atoms with Gasteiger partial charge in [0.1, 0.15) is 4.90 Å². The second kappa shape index (κ2) is 3.58. The van der Waals surface area contributed by atoms with Gasteiger partial charge in [-0.15, -0.1) is 0 Å². The van der Waals surface area contributed by atoms with Gasteiger partial charge in [-0.25, -0.2) is 22.0 Å². The first-order valence-electron chi connectivity index (χ1n) is 3.96. The maximum Gasteiger partial charge on any atom is 0.239 e. The van der Waals surface area contributed by atoms with Crippen molar-refractivity contribution in [3.63, 3.8) is 0 Å². The Kier molecular flexibility index (Phi) is 2.90. The van der Waals surface area contributed by atoms with Crippen molar-refractivity contribution in [1.29, 1.82) is 0 Å². The lowest BCUT2D eigenvalue weighted by molar-refractivity contribution is 0.586. The summed E-state index contributed by atoms with van der Waals surface area (Å²) >= 11 is 0. The van der Waals surface area contributed by atoms with Gasteiger partial charge in [-0.3, -0.25) is 0 Å². The third-order valence-electron chi connectivity index (χ3n) is 1.81. The van der Waals surface area contributed by atoms with Gasteiger partial charge in [-0.05, 0) is 24.6 Å². The topological polar surface area (TPSA) is 94.3 Å². The van der Waals surface area contributed by atoms with E-state index in [1.54, 1.807) is 6.92 Å². The van der Waals surface area contributed by atoms with Crippen LogP contribution in [0.5, 0.6) is 0 Å². The predicted octanol–water partition coefficient (Wildman–Crippen LogP) is 0.0459. The molecule has 15 heavy (non-hydrogen) atoms. The molecule has 1 rings (SSSR count). The van der Waals surface area contributed by atoms with E-state index in [0.717, 1.165) is 6.26 Å². The summed E-state index contributed by atoms with van der Waals surface area (Å²) in [6.45, 7) is 1.67. The molecule has 0 radical (unpaired) electrons. The highest BCUT2D eigenvalue weighted by molar-refractivity contribution is 7.93. The molecule has 0 heterocycles. The Morgan fingerprint density at radius 2 is 1.60 bits per heavy atom. The summed E-state index contributed by atoms with van der Waals surface area (Å²) in [5, 5.41) is 4.91. The number of nitrogens with two attached hydrogens (primary N) is 1. The zero-order chi connectivity index (χ0) is 11.9. The molecule has 7 heteroatoms. The molecule has 0 unspecified atom stereocenters. The molecule has 0 saturated carbocycles. The molecule has 0 saturated heterocycles. The van der Waals surface area contributed by atoms with Gasteiger partial charge in [0.2, 0.25) is 10.0 Å². The minimum Gasteiger partial charge on any atom is -0.225 e. The summed E-state index contributed by atoms with van der Waals surface area (Å²) in [5.41, 5.74) is 0.655. The van der Waals surface area contributed by atoms with Crippen LogP contribution in [0, 0.1) is 6.92 Å². The number of rotatable bonds is 2. The summed E-state index contributed by atoms with van der Waals surface area (Å²) in [6.07, 6.45) is 0.941. The predicted molar refractivity (Wildman–Crippen MR) is 55.7 cm³/mol. The lowest BCUT2D eigenvalue weighted by atomic mass is 10.2. The fourth-order valence-electron chi connectivity index (χ4n) is 1.14.